The van der Waals surface area contributed by atoms with Gasteiger partial charge in [-0.15, -0.1) is 0 Å². The Morgan fingerprint density at radius 3 is 2.58 bits per heavy atom. The van der Waals surface area contributed by atoms with Gasteiger partial charge >= 0.3 is 0 Å². The summed E-state index contributed by atoms with van der Waals surface area (Å²) in [5, 5.41) is 2.85. The summed E-state index contributed by atoms with van der Waals surface area (Å²) in [5.74, 6) is 0.805. The van der Waals surface area contributed by atoms with E-state index in [0.717, 1.165) is 12.8 Å². The smallest absolute Gasteiger partial charge is 0.259 e. The van der Waals surface area contributed by atoms with Gasteiger partial charge in [0.2, 0.25) is 0 Å². The lowest BCUT2D eigenvalue weighted by Crippen LogP contribution is -2.31. The highest BCUT2D eigenvalue weighted by Crippen LogP contribution is 2.31. The predicted molar refractivity (Wildman–Crippen MR) is 117 cm³/mol. The summed E-state index contributed by atoms with van der Waals surface area (Å²) in [6.07, 6.45) is 3.22. The highest BCUT2D eigenvalue weighted by atomic mass is 16.5. The van der Waals surface area contributed by atoms with E-state index in [9.17, 15) is 9.59 Å². The van der Waals surface area contributed by atoms with Crippen LogP contribution in [0.2, 0.25) is 0 Å². The molecule has 0 radical (unpaired) electrons. The van der Waals surface area contributed by atoms with Gasteiger partial charge in [0.05, 0.1) is 30.1 Å². The van der Waals surface area contributed by atoms with E-state index in [4.69, 9.17) is 4.74 Å². The maximum atomic E-state index is 12.9. The molecule has 1 atom stereocenters. The van der Waals surface area contributed by atoms with E-state index in [1.807, 2.05) is 47.4 Å². The molecule has 2 aromatic carbocycles. The van der Waals surface area contributed by atoms with Crippen molar-refractivity contribution in [1.82, 2.24) is 14.9 Å². The molecule has 1 aliphatic rings. The normalized spacial score (nSPS) is 15.5. The number of para-hydroxylation sites is 2. The van der Waals surface area contributed by atoms with E-state index in [1.54, 1.807) is 26.2 Å². The molecule has 1 fully saturated rings. The fourth-order valence-electron chi connectivity index (χ4n) is 3.83. The van der Waals surface area contributed by atoms with Gasteiger partial charge in [-0.25, -0.2) is 9.97 Å². The van der Waals surface area contributed by atoms with Crippen molar-refractivity contribution in [2.45, 2.75) is 25.8 Å². The Kier molecular flexibility index (Phi) is 5.93. The lowest BCUT2D eigenvalue weighted by molar-refractivity contribution is 0.0729. The Morgan fingerprint density at radius 2 is 1.84 bits per heavy atom. The van der Waals surface area contributed by atoms with Gasteiger partial charge < -0.3 is 15.0 Å². The Labute approximate surface area is 181 Å². The number of hydrogen-bond donors (Lipinski definition) is 1. The zero-order valence-corrected chi connectivity index (χ0v) is 17.5. The van der Waals surface area contributed by atoms with Crippen molar-refractivity contribution in [3.05, 3.63) is 83.4 Å². The predicted octanol–water partition coefficient (Wildman–Crippen LogP) is 4.02. The van der Waals surface area contributed by atoms with E-state index >= 15 is 0 Å². The molecule has 0 unspecified atom stereocenters. The number of ether oxygens (including phenoxy) is 1. The van der Waals surface area contributed by atoms with Gasteiger partial charge in [-0.05, 0) is 44.0 Å². The molecule has 0 saturated carbocycles. The van der Waals surface area contributed by atoms with E-state index < -0.39 is 0 Å². The molecule has 7 nitrogen and oxygen atoms in total. The molecule has 1 aromatic heterocycles. The number of anilines is 1. The number of carbonyl (C=O) groups is 2. The van der Waals surface area contributed by atoms with E-state index in [0.29, 0.717) is 40.6 Å². The maximum Gasteiger partial charge on any atom is 0.259 e. The number of nitrogens with one attached hydrogen (secondary N) is 1. The zero-order chi connectivity index (χ0) is 21.8. The number of likely N-dealkylation sites (tertiary alicyclic amines) is 1. The van der Waals surface area contributed by atoms with Gasteiger partial charge in [0.25, 0.3) is 11.8 Å². The van der Waals surface area contributed by atoms with Gasteiger partial charge in [0, 0.05) is 18.3 Å². The Balaban J connectivity index is 1.54. The van der Waals surface area contributed by atoms with Crippen LogP contribution in [0.4, 0.5) is 5.69 Å². The summed E-state index contributed by atoms with van der Waals surface area (Å²) in [4.78, 5) is 36.6. The van der Waals surface area contributed by atoms with Gasteiger partial charge in [-0.3, -0.25) is 9.59 Å². The first-order chi connectivity index (χ1) is 15.1. The molecule has 158 valence electrons. The molecule has 2 amide bonds. The number of aryl methyl sites for hydroxylation is 1. The van der Waals surface area contributed by atoms with Gasteiger partial charge in [0.15, 0.2) is 5.82 Å². The van der Waals surface area contributed by atoms with E-state index in [2.05, 4.69) is 15.3 Å². The zero-order valence-electron chi connectivity index (χ0n) is 17.5. The number of aromatic nitrogens is 2. The highest BCUT2D eigenvalue weighted by Gasteiger charge is 2.33. The molecule has 3 aromatic rings. The summed E-state index contributed by atoms with van der Waals surface area (Å²) in [5.41, 5.74) is 2.18. The second-order valence-electron chi connectivity index (χ2n) is 7.40. The lowest BCUT2D eigenvalue weighted by Gasteiger charge is -2.24. The largest absolute Gasteiger partial charge is 0.495 e. The third kappa shape index (κ3) is 4.26. The van der Waals surface area contributed by atoms with Crippen LogP contribution in [0.25, 0.3) is 0 Å². The number of carbonyl (C=O) groups excluding carboxylic acids is 2. The standard InChI is InChI=1S/C24H24N4O3/c1-16-18(23(29)27-19-11-6-7-13-21(19)31-2)15-25-22(26-16)20-12-8-14-28(20)24(30)17-9-4-3-5-10-17/h3-7,9-11,13,15,20H,8,12,14H2,1-2H3,(H,27,29)/t20-/m1/s1. The van der Waals surface area contributed by atoms with Gasteiger partial charge in [-0.1, -0.05) is 30.3 Å². The van der Waals surface area contributed by atoms with Crippen LogP contribution in [0, 0.1) is 6.92 Å². The average Bonchev–Trinajstić information content (AvgIpc) is 3.29. The van der Waals surface area contributed by atoms with Crippen LogP contribution < -0.4 is 10.1 Å². The first-order valence-corrected chi connectivity index (χ1v) is 10.2. The van der Waals surface area contributed by atoms with Gasteiger partial charge in [0.1, 0.15) is 5.75 Å². The number of hydrogen-bond acceptors (Lipinski definition) is 5. The molecule has 0 aliphatic carbocycles. The van der Waals surface area contributed by atoms with Crippen molar-refractivity contribution in [2.24, 2.45) is 0 Å². The second-order valence-corrected chi connectivity index (χ2v) is 7.40. The summed E-state index contributed by atoms with van der Waals surface area (Å²) < 4.78 is 5.29. The maximum absolute atomic E-state index is 12.9. The molecular formula is C24H24N4O3. The molecule has 0 bridgehead atoms. The molecule has 1 aliphatic heterocycles. The lowest BCUT2D eigenvalue weighted by atomic mass is 10.1. The van der Waals surface area contributed by atoms with Crippen LogP contribution in [-0.4, -0.2) is 40.3 Å². The topological polar surface area (TPSA) is 84.4 Å². The van der Waals surface area contributed by atoms with Crippen LogP contribution in [0.5, 0.6) is 5.75 Å². The molecule has 7 heteroatoms. The van der Waals surface area contributed by atoms with Crippen LogP contribution in [0.3, 0.4) is 0 Å². The van der Waals surface area contributed by atoms with Crippen molar-refractivity contribution >= 4 is 17.5 Å². The van der Waals surface area contributed by atoms with E-state index in [1.165, 1.54) is 6.20 Å². The van der Waals surface area contributed by atoms with Crippen molar-refractivity contribution in [2.75, 3.05) is 19.0 Å². The molecule has 1 saturated heterocycles. The Hall–Kier alpha value is -3.74. The number of methoxy groups -OCH3 is 1. The number of rotatable bonds is 5. The van der Waals surface area contributed by atoms with Crippen molar-refractivity contribution < 1.29 is 14.3 Å². The fourth-order valence-corrected chi connectivity index (χ4v) is 3.83. The Morgan fingerprint density at radius 1 is 1.10 bits per heavy atom. The minimum absolute atomic E-state index is 0.0256. The monoisotopic (exact) mass is 416 g/mol. The van der Waals surface area contributed by atoms with E-state index in [-0.39, 0.29) is 17.9 Å². The average molecular weight is 416 g/mol. The fraction of sp³-hybridized carbons (Fsp3) is 0.250. The minimum atomic E-state index is -0.308. The first-order valence-electron chi connectivity index (χ1n) is 10.2. The SMILES string of the molecule is COc1ccccc1NC(=O)c1cnc([C@H]2CCCN2C(=O)c2ccccc2)nc1C. The molecule has 31 heavy (non-hydrogen) atoms. The van der Waals surface area contributed by atoms with Crippen molar-refractivity contribution in [3.63, 3.8) is 0 Å². The molecular weight excluding hydrogens is 392 g/mol. The molecule has 0 spiro atoms. The highest BCUT2D eigenvalue weighted by molar-refractivity contribution is 6.05. The molecule has 2 heterocycles. The molecule has 4 rings (SSSR count). The first kappa shape index (κ1) is 20.5. The molecule has 1 N–H and O–H groups in total. The van der Waals surface area contributed by atoms with Crippen molar-refractivity contribution in [1.29, 1.82) is 0 Å². The summed E-state index contributed by atoms with van der Waals surface area (Å²) in [6.45, 7) is 2.44. The number of benzene rings is 2. The third-order valence-electron chi connectivity index (χ3n) is 5.43. The minimum Gasteiger partial charge on any atom is -0.495 e. The van der Waals surface area contributed by atoms with Crippen LogP contribution in [0.15, 0.2) is 60.8 Å². The third-order valence-corrected chi connectivity index (χ3v) is 5.43. The van der Waals surface area contributed by atoms with Crippen molar-refractivity contribution in [3.8, 4) is 5.75 Å². The Bertz CT molecular complexity index is 1100. The number of amides is 2. The summed E-state index contributed by atoms with van der Waals surface area (Å²) in [6, 6.07) is 16.2. The van der Waals surface area contributed by atoms with Crippen LogP contribution in [0.1, 0.15) is 51.1 Å². The van der Waals surface area contributed by atoms with Crippen LogP contribution in [-0.2, 0) is 0 Å². The summed E-state index contributed by atoms with van der Waals surface area (Å²) >= 11 is 0. The quantitative estimate of drug-likeness (QED) is 0.679. The number of nitrogens with zero attached hydrogens (tertiary/aromatic N) is 3. The summed E-state index contributed by atoms with van der Waals surface area (Å²) in [7, 11) is 1.55. The van der Waals surface area contributed by atoms with Gasteiger partial charge in [-0.2, -0.15) is 0 Å². The van der Waals surface area contributed by atoms with Crippen LogP contribution >= 0.6 is 0 Å². The second kappa shape index (κ2) is 8.95.